The fraction of sp³-hybridized carbons (Fsp3) is 0.286. The summed E-state index contributed by atoms with van der Waals surface area (Å²) in [6.07, 6.45) is -0.312. The van der Waals surface area contributed by atoms with E-state index >= 15 is 0 Å². The van der Waals surface area contributed by atoms with Gasteiger partial charge in [0.05, 0.1) is 18.2 Å². The van der Waals surface area contributed by atoms with E-state index in [-0.39, 0.29) is 18.7 Å². The Bertz CT molecular complexity index is 661. The number of nitrogens with two attached hydrogens (primary N) is 1. The van der Waals surface area contributed by atoms with Crippen molar-refractivity contribution in [2.75, 3.05) is 10.2 Å². The van der Waals surface area contributed by atoms with Crippen molar-refractivity contribution in [2.45, 2.75) is 24.1 Å². The number of hydrogen-bond acceptors (Lipinski definition) is 6. The fourth-order valence-corrected chi connectivity index (χ4v) is 2.26. The van der Waals surface area contributed by atoms with Gasteiger partial charge in [0.15, 0.2) is 0 Å². The van der Waals surface area contributed by atoms with E-state index in [0.29, 0.717) is 11.4 Å². The lowest BCUT2D eigenvalue weighted by molar-refractivity contribution is -0.137. The number of aliphatic carboxylic acids is 1. The normalized spacial score (nSPS) is 18.9. The molecule has 8 nitrogen and oxygen atoms in total. The number of hydrogen-bond donors (Lipinski definition) is 4. The van der Waals surface area contributed by atoms with Crippen LogP contribution in [-0.4, -0.2) is 40.1 Å². The van der Waals surface area contributed by atoms with Gasteiger partial charge in [0.25, 0.3) is 5.91 Å². The van der Waals surface area contributed by atoms with Gasteiger partial charge < -0.3 is 16.2 Å². The first kappa shape index (κ1) is 17.0. The van der Waals surface area contributed by atoms with Crippen LogP contribution >= 0.6 is 12.6 Å². The Morgan fingerprint density at radius 3 is 2.43 bits per heavy atom. The van der Waals surface area contributed by atoms with Gasteiger partial charge in [-0.25, -0.2) is 4.90 Å². The summed E-state index contributed by atoms with van der Waals surface area (Å²) in [6.45, 7) is 0. The molecule has 0 aromatic heterocycles. The zero-order valence-electron chi connectivity index (χ0n) is 11.9. The van der Waals surface area contributed by atoms with Crippen LogP contribution in [0.25, 0.3) is 0 Å². The fourth-order valence-electron chi connectivity index (χ4n) is 2.10. The van der Waals surface area contributed by atoms with E-state index < -0.39 is 29.1 Å². The molecular formula is C14H15N3O5S. The van der Waals surface area contributed by atoms with Crippen LogP contribution in [0.1, 0.15) is 12.8 Å². The zero-order chi connectivity index (χ0) is 17.1. The molecule has 1 aromatic carbocycles. The molecule has 1 saturated heterocycles. The van der Waals surface area contributed by atoms with Crippen LogP contribution < -0.4 is 16.0 Å². The minimum absolute atomic E-state index is 0.0319. The highest BCUT2D eigenvalue weighted by atomic mass is 32.1. The lowest BCUT2D eigenvalue weighted by Crippen LogP contribution is -2.35. The van der Waals surface area contributed by atoms with Gasteiger partial charge in [-0.2, -0.15) is 12.6 Å². The molecule has 2 atom stereocenters. The third-order valence-corrected chi connectivity index (χ3v) is 3.66. The summed E-state index contributed by atoms with van der Waals surface area (Å²) in [7, 11) is 0. The Kier molecular flexibility index (Phi) is 5.02. The number of imide groups is 1. The molecule has 0 bridgehead atoms. The lowest BCUT2D eigenvalue weighted by atomic mass is 10.2. The molecule has 9 heteroatoms. The van der Waals surface area contributed by atoms with E-state index in [0.717, 1.165) is 4.90 Å². The molecule has 0 radical (unpaired) electrons. The summed E-state index contributed by atoms with van der Waals surface area (Å²) in [4.78, 5) is 46.8. The average molecular weight is 337 g/mol. The first-order valence-electron chi connectivity index (χ1n) is 6.72. The maximum Gasteiger partial charge on any atom is 0.316 e. The van der Waals surface area contributed by atoms with E-state index in [9.17, 15) is 19.2 Å². The van der Waals surface area contributed by atoms with Crippen molar-refractivity contribution in [3.63, 3.8) is 0 Å². The molecule has 23 heavy (non-hydrogen) atoms. The maximum atomic E-state index is 11.8. The number of rotatable bonds is 5. The quantitative estimate of drug-likeness (QED) is 0.442. The number of carboxylic acids is 1. The smallest absolute Gasteiger partial charge is 0.316 e. The average Bonchev–Trinajstić information content (AvgIpc) is 2.73. The highest BCUT2D eigenvalue weighted by molar-refractivity contribution is 7.81. The second kappa shape index (κ2) is 6.80. The van der Waals surface area contributed by atoms with Gasteiger partial charge in [-0.05, 0) is 24.3 Å². The number of carbonyl (C=O) groups is 4. The zero-order valence-corrected chi connectivity index (χ0v) is 12.8. The number of benzene rings is 1. The van der Waals surface area contributed by atoms with Crippen LogP contribution in [0.2, 0.25) is 0 Å². The van der Waals surface area contributed by atoms with Crippen LogP contribution in [0.4, 0.5) is 11.4 Å². The second-order valence-electron chi connectivity index (χ2n) is 5.03. The van der Waals surface area contributed by atoms with Crippen LogP contribution in [0, 0.1) is 0 Å². The standard InChI is InChI=1S/C14H15N3O5S/c15-9-5-12(19)17(13(9)20)8-3-1-7(2-4-8)16-11(18)6-10(23)14(21)22/h1-4,9-10,23H,5-6,15H2,(H,16,18)(H,21,22)/t9-,10-/m1/s1. The van der Waals surface area contributed by atoms with Crippen molar-refractivity contribution in [1.82, 2.24) is 0 Å². The molecule has 1 fully saturated rings. The summed E-state index contributed by atoms with van der Waals surface area (Å²) in [6, 6.07) is 5.18. The number of nitrogens with one attached hydrogen (secondary N) is 1. The Morgan fingerprint density at radius 1 is 1.35 bits per heavy atom. The molecule has 4 N–H and O–H groups in total. The number of carbonyl (C=O) groups excluding carboxylic acids is 3. The van der Waals surface area contributed by atoms with Crippen molar-refractivity contribution in [3.8, 4) is 0 Å². The molecular weight excluding hydrogens is 322 g/mol. The minimum Gasteiger partial charge on any atom is -0.480 e. The number of carboxylic acid groups (broad SMARTS) is 1. The molecule has 1 heterocycles. The highest BCUT2D eigenvalue weighted by Crippen LogP contribution is 2.23. The van der Waals surface area contributed by atoms with E-state index in [1.165, 1.54) is 24.3 Å². The van der Waals surface area contributed by atoms with Crippen molar-refractivity contribution < 1.29 is 24.3 Å². The van der Waals surface area contributed by atoms with Gasteiger partial charge in [-0.15, -0.1) is 0 Å². The van der Waals surface area contributed by atoms with Gasteiger partial charge in [0.1, 0.15) is 5.25 Å². The number of anilines is 2. The van der Waals surface area contributed by atoms with Gasteiger partial charge >= 0.3 is 5.97 Å². The first-order chi connectivity index (χ1) is 10.8. The molecule has 0 aliphatic carbocycles. The predicted octanol–water partition coefficient (Wildman–Crippen LogP) is -0.0112. The number of nitrogens with zero attached hydrogens (tertiary/aromatic N) is 1. The molecule has 2 rings (SSSR count). The molecule has 1 aliphatic heterocycles. The van der Waals surface area contributed by atoms with Gasteiger partial charge in [0, 0.05) is 12.1 Å². The predicted molar refractivity (Wildman–Crippen MR) is 85.2 cm³/mol. The topological polar surface area (TPSA) is 130 Å². The van der Waals surface area contributed by atoms with Crippen LogP contribution in [-0.2, 0) is 19.2 Å². The van der Waals surface area contributed by atoms with Crippen molar-refractivity contribution in [2.24, 2.45) is 5.73 Å². The van der Waals surface area contributed by atoms with E-state index in [1.54, 1.807) is 0 Å². The third-order valence-electron chi connectivity index (χ3n) is 3.25. The highest BCUT2D eigenvalue weighted by Gasteiger charge is 2.37. The third kappa shape index (κ3) is 3.88. The van der Waals surface area contributed by atoms with Crippen LogP contribution in [0.3, 0.4) is 0 Å². The molecule has 1 aromatic rings. The minimum atomic E-state index is -1.18. The summed E-state index contributed by atoms with van der Waals surface area (Å²) < 4.78 is 0. The Labute approximate surface area is 137 Å². The Hall–Kier alpha value is -2.39. The second-order valence-corrected chi connectivity index (χ2v) is 5.65. The molecule has 0 unspecified atom stereocenters. The summed E-state index contributed by atoms with van der Waals surface area (Å²) >= 11 is 3.78. The van der Waals surface area contributed by atoms with Crippen molar-refractivity contribution >= 4 is 47.7 Å². The number of amides is 3. The Morgan fingerprint density at radius 2 is 1.96 bits per heavy atom. The van der Waals surface area contributed by atoms with Crippen molar-refractivity contribution in [3.05, 3.63) is 24.3 Å². The molecule has 1 aliphatic rings. The molecule has 122 valence electrons. The van der Waals surface area contributed by atoms with Crippen LogP contribution in [0.5, 0.6) is 0 Å². The number of thiol groups is 1. The maximum absolute atomic E-state index is 11.8. The van der Waals surface area contributed by atoms with E-state index in [4.69, 9.17) is 10.8 Å². The molecule has 0 saturated carbocycles. The van der Waals surface area contributed by atoms with Crippen molar-refractivity contribution in [1.29, 1.82) is 0 Å². The van der Waals surface area contributed by atoms with E-state index in [2.05, 4.69) is 17.9 Å². The summed E-state index contributed by atoms with van der Waals surface area (Å²) in [5.74, 6) is -2.53. The largest absolute Gasteiger partial charge is 0.480 e. The van der Waals surface area contributed by atoms with Crippen LogP contribution in [0.15, 0.2) is 24.3 Å². The lowest BCUT2D eigenvalue weighted by Gasteiger charge is -2.15. The molecule has 0 spiro atoms. The SMILES string of the molecule is N[C@@H]1CC(=O)N(c2ccc(NC(=O)C[C@@H](S)C(=O)O)cc2)C1=O. The summed E-state index contributed by atoms with van der Waals surface area (Å²) in [5, 5.41) is 10.1. The summed E-state index contributed by atoms with van der Waals surface area (Å²) in [5.41, 5.74) is 6.31. The van der Waals surface area contributed by atoms with Gasteiger partial charge in [-0.3, -0.25) is 19.2 Å². The monoisotopic (exact) mass is 337 g/mol. The first-order valence-corrected chi connectivity index (χ1v) is 7.24. The molecule has 3 amide bonds. The Balaban J connectivity index is 2.03. The van der Waals surface area contributed by atoms with E-state index in [1.807, 2.05) is 0 Å². The van der Waals surface area contributed by atoms with Gasteiger partial charge in [0.2, 0.25) is 11.8 Å². The van der Waals surface area contributed by atoms with Gasteiger partial charge in [-0.1, -0.05) is 0 Å².